The molecule has 0 saturated heterocycles. The van der Waals surface area contributed by atoms with Crippen LogP contribution in [0.15, 0.2) is 30.3 Å². The lowest BCUT2D eigenvalue weighted by Gasteiger charge is -2.34. The average molecular weight is 276 g/mol. The molecule has 1 aromatic rings. The first-order valence-electron chi connectivity index (χ1n) is 5.01. The highest BCUT2D eigenvalue weighted by Gasteiger charge is 2.32. The summed E-state index contributed by atoms with van der Waals surface area (Å²) in [7, 11) is -1.84. The van der Waals surface area contributed by atoms with Crippen molar-refractivity contribution >= 4 is 43.0 Å². The Labute approximate surface area is 107 Å². The van der Waals surface area contributed by atoms with Gasteiger partial charge in [-0.3, -0.25) is 4.79 Å². The van der Waals surface area contributed by atoms with Gasteiger partial charge in [0.15, 0.2) is 13.1 Å². The number of para-hydroxylation sites is 1. The standard InChI is InChI=1S/C11H15Cl2NOSi/c1-16(2,3)14(11(15)10(12)13)9-7-5-4-6-8-9/h4-8,10H,1-3H3. The van der Waals surface area contributed by atoms with Gasteiger partial charge in [-0.25, -0.2) is 0 Å². The van der Waals surface area contributed by atoms with Crippen LogP contribution >= 0.6 is 23.2 Å². The monoisotopic (exact) mass is 275 g/mol. The third-order valence-electron chi connectivity index (χ3n) is 2.09. The van der Waals surface area contributed by atoms with E-state index in [0.717, 1.165) is 5.69 Å². The van der Waals surface area contributed by atoms with E-state index < -0.39 is 13.1 Å². The van der Waals surface area contributed by atoms with Gasteiger partial charge in [0.1, 0.15) is 0 Å². The molecule has 16 heavy (non-hydrogen) atoms. The van der Waals surface area contributed by atoms with Crippen molar-refractivity contribution in [2.24, 2.45) is 0 Å². The second-order valence-corrected chi connectivity index (χ2v) is 10.4. The van der Waals surface area contributed by atoms with E-state index in [1.165, 1.54) is 0 Å². The summed E-state index contributed by atoms with van der Waals surface area (Å²) in [5.74, 6) is -0.242. The molecule has 88 valence electrons. The summed E-state index contributed by atoms with van der Waals surface area (Å²) in [4.78, 5) is 11.0. The molecule has 0 radical (unpaired) electrons. The van der Waals surface area contributed by atoms with E-state index in [9.17, 15) is 4.79 Å². The predicted molar refractivity (Wildman–Crippen MR) is 72.8 cm³/mol. The number of benzene rings is 1. The molecule has 0 saturated carbocycles. The number of nitrogens with zero attached hydrogens (tertiary/aromatic N) is 1. The molecule has 1 rings (SSSR count). The van der Waals surface area contributed by atoms with Crippen LogP contribution in [-0.4, -0.2) is 19.0 Å². The van der Waals surface area contributed by atoms with E-state index in [2.05, 4.69) is 19.6 Å². The molecular weight excluding hydrogens is 261 g/mol. The minimum Gasteiger partial charge on any atom is -0.339 e. The van der Waals surface area contributed by atoms with E-state index in [1.54, 1.807) is 4.57 Å². The normalized spacial score (nSPS) is 11.6. The molecule has 0 bridgehead atoms. The van der Waals surface area contributed by atoms with Crippen LogP contribution < -0.4 is 4.57 Å². The van der Waals surface area contributed by atoms with Crippen LogP contribution in [-0.2, 0) is 4.79 Å². The Morgan fingerprint density at radius 2 is 1.69 bits per heavy atom. The maximum atomic E-state index is 12.0. The summed E-state index contributed by atoms with van der Waals surface area (Å²) < 4.78 is 1.75. The summed E-state index contributed by atoms with van der Waals surface area (Å²) >= 11 is 11.4. The number of amides is 1. The van der Waals surface area contributed by atoms with Crippen molar-refractivity contribution in [3.05, 3.63) is 30.3 Å². The molecule has 0 aromatic heterocycles. The van der Waals surface area contributed by atoms with Crippen LogP contribution in [0.5, 0.6) is 0 Å². The maximum Gasteiger partial charge on any atom is 0.252 e. The second kappa shape index (κ2) is 5.21. The van der Waals surface area contributed by atoms with Crippen molar-refractivity contribution in [1.29, 1.82) is 0 Å². The number of anilines is 1. The van der Waals surface area contributed by atoms with Gasteiger partial charge in [0.25, 0.3) is 5.91 Å². The molecule has 1 aromatic carbocycles. The molecule has 0 N–H and O–H groups in total. The fourth-order valence-electron chi connectivity index (χ4n) is 1.52. The van der Waals surface area contributed by atoms with Gasteiger partial charge in [-0.05, 0) is 12.1 Å². The van der Waals surface area contributed by atoms with Gasteiger partial charge < -0.3 is 4.57 Å². The summed E-state index contributed by atoms with van der Waals surface area (Å²) in [5, 5.41) is 0. The van der Waals surface area contributed by atoms with Gasteiger partial charge in [0.2, 0.25) is 0 Å². The number of carbonyl (C=O) groups is 1. The highest BCUT2D eigenvalue weighted by molar-refractivity contribution is 6.84. The zero-order valence-electron chi connectivity index (χ0n) is 9.58. The zero-order valence-corrected chi connectivity index (χ0v) is 12.1. The molecule has 0 aliphatic carbocycles. The quantitative estimate of drug-likeness (QED) is 0.609. The van der Waals surface area contributed by atoms with Crippen molar-refractivity contribution in [3.8, 4) is 0 Å². The highest BCUT2D eigenvalue weighted by atomic mass is 35.5. The largest absolute Gasteiger partial charge is 0.339 e. The van der Waals surface area contributed by atoms with Crippen LogP contribution in [0.1, 0.15) is 0 Å². The number of carbonyl (C=O) groups excluding carboxylic acids is 1. The summed E-state index contributed by atoms with van der Waals surface area (Å²) in [6.45, 7) is 6.23. The fraction of sp³-hybridized carbons (Fsp3) is 0.364. The fourth-order valence-corrected chi connectivity index (χ4v) is 3.59. The maximum absolute atomic E-state index is 12.0. The Kier molecular flexibility index (Phi) is 4.41. The van der Waals surface area contributed by atoms with E-state index in [0.29, 0.717) is 0 Å². The highest BCUT2D eigenvalue weighted by Crippen LogP contribution is 2.24. The predicted octanol–water partition coefficient (Wildman–Crippen LogP) is 3.66. The lowest BCUT2D eigenvalue weighted by Crippen LogP contribution is -2.52. The molecule has 0 spiro atoms. The lowest BCUT2D eigenvalue weighted by molar-refractivity contribution is -0.116. The van der Waals surface area contributed by atoms with Gasteiger partial charge >= 0.3 is 0 Å². The SMILES string of the molecule is C[Si](C)(C)N(C(=O)C(Cl)Cl)c1ccccc1. The number of rotatable bonds is 3. The van der Waals surface area contributed by atoms with Crippen molar-refractivity contribution in [3.63, 3.8) is 0 Å². The summed E-state index contributed by atoms with van der Waals surface area (Å²) in [5.41, 5.74) is 0.859. The Bertz CT molecular complexity index is 362. The van der Waals surface area contributed by atoms with Gasteiger partial charge in [-0.1, -0.05) is 61.0 Å². The van der Waals surface area contributed by atoms with E-state index in [4.69, 9.17) is 23.2 Å². The summed E-state index contributed by atoms with van der Waals surface area (Å²) in [6.07, 6.45) is 0. The molecule has 0 atom stereocenters. The van der Waals surface area contributed by atoms with Gasteiger partial charge in [0, 0.05) is 5.69 Å². The van der Waals surface area contributed by atoms with Crippen LogP contribution in [0.3, 0.4) is 0 Å². The third-order valence-corrected chi connectivity index (χ3v) is 4.29. The second-order valence-electron chi connectivity index (χ2n) is 4.48. The topological polar surface area (TPSA) is 20.3 Å². The lowest BCUT2D eigenvalue weighted by atomic mass is 10.3. The van der Waals surface area contributed by atoms with Crippen LogP contribution in [0.25, 0.3) is 0 Å². The van der Waals surface area contributed by atoms with Crippen LogP contribution in [0, 0.1) is 0 Å². The van der Waals surface area contributed by atoms with E-state index in [-0.39, 0.29) is 5.91 Å². The van der Waals surface area contributed by atoms with Gasteiger partial charge in [-0.15, -0.1) is 0 Å². The van der Waals surface area contributed by atoms with Gasteiger partial charge in [0.05, 0.1) is 0 Å². The van der Waals surface area contributed by atoms with E-state index in [1.807, 2.05) is 30.3 Å². The van der Waals surface area contributed by atoms with Gasteiger partial charge in [-0.2, -0.15) is 0 Å². The molecule has 1 amide bonds. The first-order chi connectivity index (χ1) is 7.34. The van der Waals surface area contributed by atoms with Crippen molar-refractivity contribution in [1.82, 2.24) is 0 Å². The van der Waals surface area contributed by atoms with Crippen LogP contribution in [0.4, 0.5) is 5.69 Å². The van der Waals surface area contributed by atoms with E-state index >= 15 is 0 Å². The summed E-state index contributed by atoms with van der Waals surface area (Å²) in [6, 6.07) is 9.49. The molecule has 0 aliphatic rings. The molecule has 0 heterocycles. The number of hydrogen-bond acceptors (Lipinski definition) is 1. The molecule has 2 nitrogen and oxygen atoms in total. The Morgan fingerprint density at radius 1 is 1.19 bits per heavy atom. The molecule has 0 unspecified atom stereocenters. The van der Waals surface area contributed by atoms with Crippen molar-refractivity contribution in [2.45, 2.75) is 24.5 Å². The minimum atomic E-state index is -1.84. The first-order valence-corrected chi connectivity index (χ1v) is 9.33. The molecule has 0 aliphatic heterocycles. The first kappa shape index (κ1) is 13.6. The van der Waals surface area contributed by atoms with Crippen molar-refractivity contribution in [2.75, 3.05) is 4.57 Å². The molecular formula is C11H15Cl2NOSi. The van der Waals surface area contributed by atoms with Crippen molar-refractivity contribution < 1.29 is 4.79 Å². The number of alkyl halides is 2. The number of halogens is 2. The van der Waals surface area contributed by atoms with Crippen LogP contribution in [0.2, 0.25) is 19.6 Å². The zero-order chi connectivity index (χ0) is 12.3. The average Bonchev–Trinajstić information content (AvgIpc) is 2.17. The third kappa shape index (κ3) is 3.24. The Balaban J connectivity index is 3.13. The minimum absolute atomic E-state index is 0.242. The smallest absolute Gasteiger partial charge is 0.252 e. The Hall–Kier alpha value is -0.513. The molecule has 0 fully saturated rings. The molecule has 5 heteroatoms. The number of hydrogen-bond donors (Lipinski definition) is 0. The Morgan fingerprint density at radius 3 is 2.06 bits per heavy atom.